The summed E-state index contributed by atoms with van der Waals surface area (Å²) in [5, 5.41) is 7.52. The number of benzene rings is 2. The lowest BCUT2D eigenvalue weighted by Crippen LogP contribution is -2.37. The smallest absolute Gasteiger partial charge is 0.323 e. The van der Waals surface area contributed by atoms with Crippen molar-refractivity contribution in [3.05, 3.63) is 82.9 Å². The van der Waals surface area contributed by atoms with E-state index in [0.29, 0.717) is 25.1 Å². The van der Waals surface area contributed by atoms with Gasteiger partial charge < -0.3 is 10.1 Å². The van der Waals surface area contributed by atoms with Crippen LogP contribution in [0.1, 0.15) is 33.7 Å². The van der Waals surface area contributed by atoms with Gasteiger partial charge >= 0.3 is 5.97 Å². The van der Waals surface area contributed by atoms with Crippen molar-refractivity contribution >= 4 is 11.9 Å². The highest BCUT2D eigenvalue weighted by Crippen LogP contribution is 2.23. The Morgan fingerprint density at radius 3 is 2.64 bits per heavy atom. The molecule has 33 heavy (non-hydrogen) atoms. The Labute approximate surface area is 192 Å². The number of likely N-dealkylation sites (tertiary alicyclic amines) is 1. The fraction of sp³-hybridized carbons (Fsp3) is 0.320. The van der Waals surface area contributed by atoms with Crippen molar-refractivity contribution in [2.75, 3.05) is 13.7 Å². The molecule has 2 aromatic carbocycles. The van der Waals surface area contributed by atoms with Crippen LogP contribution in [-0.4, -0.2) is 52.3 Å². The van der Waals surface area contributed by atoms with Crippen LogP contribution in [0.3, 0.4) is 0 Å². The normalized spacial score (nSPS) is 18.3. The number of nitrogens with one attached hydrogen (secondary N) is 1. The van der Waals surface area contributed by atoms with Crippen molar-refractivity contribution in [3.8, 4) is 5.69 Å². The summed E-state index contributed by atoms with van der Waals surface area (Å²) in [5.41, 5.74) is 3.96. The number of carbonyl (C=O) groups is 2. The van der Waals surface area contributed by atoms with Crippen LogP contribution in [-0.2, 0) is 16.1 Å². The van der Waals surface area contributed by atoms with Crippen molar-refractivity contribution in [2.45, 2.75) is 38.9 Å². The molecular formula is C25H27FN4O3. The number of hydrogen-bond acceptors (Lipinski definition) is 5. The molecule has 7 nitrogen and oxygen atoms in total. The van der Waals surface area contributed by atoms with Gasteiger partial charge in [0.15, 0.2) is 0 Å². The summed E-state index contributed by atoms with van der Waals surface area (Å²) < 4.78 is 20.4. The minimum absolute atomic E-state index is 0.223. The van der Waals surface area contributed by atoms with Crippen molar-refractivity contribution in [3.63, 3.8) is 0 Å². The number of rotatable bonds is 6. The second kappa shape index (κ2) is 9.54. The lowest BCUT2D eigenvalue weighted by molar-refractivity contribution is -0.146. The number of nitrogens with zero attached hydrogens (tertiary/aromatic N) is 3. The number of carbonyl (C=O) groups excluding carboxylic acids is 2. The van der Waals surface area contributed by atoms with E-state index in [1.165, 1.54) is 19.2 Å². The molecule has 3 aromatic rings. The van der Waals surface area contributed by atoms with E-state index in [1.54, 1.807) is 22.9 Å². The zero-order valence-corrected chi connectivity index (χ0v) is 18.9. The first-order valence-corrected chi connectivity index (χ1v) is 10.8. The van der Waals surface area contributed by atoms with E-state index in [9.17, 15) is 14.0 Å². The van der Waals surface area contributed by atoms with Gasteiger partial charge in [-0.25, -0.2) is 9.07 Å². The Balaban J connectivity index is 1.48. The summed E-state index contributed by atoms with van der Waals surface area (Å²) in [5.74, 6) is -0.914. The third-order valence-electron chi connectivity index (χ3n) is 5.85. The molecule has 0 unspecified atom stereocenters. The maximum absolute atomic E-state index is 13.6. The molecule has 2 heterocycles. The minimum Gasteiger partial charge on any atom is -0.468 e. The van der Waals surface area contributed by atoms with Gasteiger partial charge in [-0.1, -0.05) is 18.2 Å². The zero-order chi connectivity index (χ0) is 23.5. The number of hydrogen-bond donors (Lipinski definition) is 1. The maximum Gasteiger partial charge on any atom is 0.323 e. The third kappa shape index (κ3) is 5.12. The molecule has 4 rings (SSSR count). The van der Waals surface area contributed by atoms with Gasteiger partial charge in [0.2, 0.25) is 0 Å². The number of ether oxygens (including phenoxy) is 1. The van der Waals surface area contributed by atoms with Crippen molar-refractivity contribution < 1.29 is 18.7 Å². The molecule has 1 aliphatic rings. The molecule has 1 N–H and O–H groups in total. The Bertz CT molecular complexity index is 1180. The number of halogens is 1. The van der Waals surface area contributed by atoms with E-state index in [2.05, 4.69) is 10.4 Å². The van der Waals surface area contributed by atoms with Crippen molar-refractivity contribution in [1.82, 2.24) is 20.0 Å². The third-order valence-corrected chi connectivity index (χ3v) is 5.85. The van der Waals surface area contributed by atoms with E-state index in [0.717, 1.165) is 22.6 Å². The fourth-order valence-corrected chi connectivity index (χ4v) is 4.37. The molecule has 172 valence electrons. The molecule has 1 aliphatic heterocycles. The molecule has 0 radical (unpaired) electrons. The van der Waals surface area contributed by atoms with E-state index in [-0.39, 0.29) is 23.7 Å². The number of aryl methyl sites for hydroxylation is 2. The van der Waals surface area contributed by atoms with Crippen LogP contribution < -0.4 is 5.32 Å². The van der Waals surface area contributed by atoms with Gasteiger partial charge in [0.25, 0.3) is 5.91 Å². The van der Waals surface area contributed by atoms with Crippen LogP contribution in [0, 0.1) is 19.7 Å². The first-order chi connectivity index (χ1) is 15.8. The van der Waals surface area contributed by atoms with Gasteiger partial charge in [0.05, 0.1) is 18.5 Å². The quantitative estimate of drug-likeness (QED) is 0.584. The van der Waals surface area contributed by atoms with Crippen LogP contribution in [0.5, 0.6) is 0 Å². The predicted octanol–water partition coefficient (Wildman–Crippen LogP) is 3.17. The first kappa shape index (κ1) is 22.7. The molecule has 0 bridgehead atoms. The van der Waals surface area contributed by atoms with Gasteiger partial charge in [-0.05, 0) is 62.2 Å². The van der Waals surface area contributed by atoms with Gasteiger partial charge in [-0.15, -0.1) is 0 Å². The molecule has 1 saturated heterocycles. The zero-order valence-electron chi connectivity index (χ0n) is 18.9. The number of esters is 1. The topological polar surface area (TPSA) is 76.5 Å². The first-order valence-electron chi connectivity index (χ1n) is 10.8. The van der Waals surface area contributed by atoms with Crippen LogP contribution in [0.25, 0.3) is 5.69 Å². The van der Waals surface area contributed by atoms with Crippen LogP contribution >= 0.6 is 0 Å². The average Bonchev–Trinajstić information content (AvgIpc) is 3.34. The van der Waals surface area contributed by atoms with E-state index >= 15 is 0 Å². The standard InChI is InChI=1S/C25H27FN4O3/c1-16-10-17(2)30(28-16)22-9-5-7-19(12-22)24(31)27-21-13-23(25(32)33-3)29(15-21)14-18-6-4-8-20(26)11-18/h4-12,21,23H,13-15H2,1-3H3,(H,27,31)/t21-,23+/m1/s1. The van der Waals surface area contributed by atoms with Crippen molar-refractivity contribution in [1.29, 1.82) is 0 Å². The Kier molecular flexibility index (Phi) is 6.55. The van der Waals surface area contributed by atoms with E-state index in [1.807, 2.05) is 43.0 Å². The average molecular weight is 451 g/mol. The van der Waals surface area contributed by atoms with Gasteiger partial charge in [-0.3, -0.25) is 14.5 Å². The van der Waals surface area contributed by atoms with Crippen LogP contribution in [0.2, 0.25) is 0 Å². The Morgan fingerprint density at radius 1 is 1.15 bits per heavy atom. The summed E-state index contributed by atoms with van der Waals surface area (Å²) in [7, 11) is 1.35. The molecule has 1 aromatic heterocycles. The fourth-order valence-electron chi connectivity index (χ4n) is 4.37. The van der Waals surface area contributed by atoms with Gasteiger partial charge in [0, 0.05) is 30.4 Å². The van der Waals surface area contributed by atoms with E-state index in [4.69, 9.17) is 4.74 Å². The van der Waals surface area contributed by atoms with E-state index < -0.39 is 6.04 Å². The summed E-state index contributed by atoms with van der Waals surface area (Å²) in [6.45, 7) is 4.73. The van der Waals surface area contributed by atoms with Crippen LogP contribution in [0.15, 0.2) is 54.6 Å². The molecule has 0 saturated carbocycles. The number of aromatic nitrogens is 2. The highest BCUT2D eigenvalue weighted by atomic mass is 19.1. The summed E-state index contributed by atoms with van der Waals surface area (Å²) in [4.78, 5) is 27.3. The minimum atomic E-state index is -0.510. The summed E-state index contributed by atoms with van der Waals surface area (Å²) >= 11 is 0. The molecule has 1 amide bonds. The number of methoxy groups -OCH3 is 1. The van der Waals surface area contributed by atoms with Crippen molar-refractivity contribution in [2.24, 2.45) is 0 Å². The maximum atomic E-state index is 13.6. The SMILES string of the molecule is COC(=O)[C@@H]1C[C@@H](NC(=O)c2cccc(-n3nc(C)cc3C)c2)CN1Cc1cccc(F)c1. The second-order valence-corrected chi connectivity index (χ2v) is 8.39. The highest BCUT2D eigenvalue weighted by molar-refractivity contribution is 5.95. The molecule has 2 atom stereocenters. The molecule has 8 heteroatoms. The lowest BCUT2D eigenvalue weighted by Gasteiger charge is -2.22. The molecule has 0 spiro atoms. The van der Waals surface area contributed by atoms with Gasteiger partial charge in [-0.2, -0.15) is 5.10 Å². The lowest BCUT2D eigenvalue weighted by atomic mass is 10.1. The molecule has 0 aliphatic carbocycles. The largest absolute Gasteiger partial charge is 0.468 e. The summed E-state index contributed by atoms with van der Waals surface area (Å²) in [6.07, 6.45) is 0.422. The number of amides is 1. The van der Waals surface area contributed by atoms with Gasteiger partial charge in [0.1, 0.15) is 11.9 Å². The monoisotopic (exact) mass is 450 g/mol. The molecular weight excluding hydrogens is 423 g/mol. The highest BCUT2D eigenvalue weighted by Gasteiger charge is 2.38. The molecule has 1 fully saturated rings. The Morgan fingerprint density at radius 2 is 1.94 bits per heavy atom. The second-order valence-electron chi connectivity index (χ2n) is 8.39. The van der Waals surface area contributed by atoms with Crippen LogP contribution in [0.4, 0.5) is 4.39 Å². The summed E-state index contributed by atoms with van der Waals surface area (Å²) in [6, 6.07) is 14.8. The predicted molar refractivity (Wildman–Crippen MR) is 122 cm³/mol. The Hall–Kier alpha value is -3.52.